The summed E-state index contributed by atoms with van der Waals surface area (Å²) < 4.78 is 0. The third-order valence-electron chi connectivity index (χ3n) is 3.86. The van der Waals surface area contributed by atoms with Gasteiger partial charge in [0.2, 0.25) is 0 Å². The minimum Gasteiger partial charge on any atom is -0.507 e. The van der Waals surface area contributed by atoms with Crippen molar-refractivity contribution in [2.45, 2.75) is 13.3 Å². The van der Waals surface area contributed by atoms with E-state index in [1.807, 2.05) is 31.2 Å². The lowest BCUT2D eigenvalue weighted by atomic mass is 9.95. The van der Waals surface area contributed by atoms with E-state index in [-0.39, 0.29) is 17.2 Å². The molecular weight excluding hydrogens is 264 g/mol. The van der Waals surface area contributed by atoms with Crippen molar-refractivity contribution in [1.82, 2.24) is 0 Å². The summed E-state index contributed by atoms with van der Waals surface area (Å²) >= 11 is 0. The van der Waals surface area contributed by atoms with E-state index in [2.05, 4.69) is 0 Å². The van der Waals surface area contributed by atoms with E-state index >= 15 is 0 Å². The number of aromatic hydroxyl groups is 3. The SMILES string of the molecule is Cc1ccccc1Cc1c(O)c(O)c2ccccc2c1O. The van der Waals surface area contributed by atoms with Gasteiger partial charge in [-0.1, -0.05) is 48.5 Å². The second-order valence-corrected chi connectivity index (χ2v) is 5.17. The monoisotopic (exact) mass is 280 g/mol. The molecular formula is C18H16O3. The van der Waals surface area contributed by atoms with E-state index in [4.69, 9.17) is 0 Å². The first-order valence-electron chi connectivity index (χ1n) is 6.78. The Labute approximate surface area is 122 Å². The van der Waals surface area contributed by atoms with E-state index in [1.54, 1.807) is 24.3 Å². The summed E-state index contributed by atoms with van der Waals surface area (Å²) in [5.41, 5.74) is 2.42. The third kappa shape index (κ3) is 2.17. The molecule has 0 atom stereocenters. The number of phenolic OH excluding ortho intramolecular Hbond substituents is 3. The highest BCUT2D eigenvalue weighted by molar-refractivity contribution is 5.96. The molecule has 0 fully saturated rings. The largest absolute Gasteiger partial charge is 0.507 e. The quantitative estimate of drug-likeness (QED) is 0.493. The molecule has 0 aromatic heterocycles. The number of fused-ring (bicyclic) bond motifs is 1. The van der Waals surface area contributed by atoms with Crippen LogP contribution in [0.5, 0.6) is 17.2 Å². The van der Waals surface area contributed by atoms with Crippen LogP contribution in [0.15, 0.2) is 48.5 Å². The predicted molar refractivity (Wildman–Crippen MR) is 82.9 cm³/mol. The highest BCUT2D eigenvalue weighted by atomic mass is 16.3. The van der Waals surface area contributed by atoms with Gasteiger partial charge in [0.05, 0.1) is 0 Å². The maximum Gasteiger partial charge on any atom is 0.166 e. The van der Waals surface area contributed by atoms with Gasteiger partial charge in [-0.05, 0) is 18.1 Å². The molecule has 21 heavy (non-hydrogen) atoms. The number of hydrogen-bond acceptors (Lipinski definition) is 3. The second kappa shape index (κ2) is 5.02. The van der Waals surface area contributed by atoms with Gasteiger partial charge in [-0.25, -0.2) is 0 Å². The van der Waals surface area contributed by atoms with Gasteiger partial charge in [0, 0.05) is 22.8 Å². The van der Waals surface area contributed by atoms with Crippen molar-refractivity contribution in [1.29, 1.82) is 0 Å². The highest BCUT2D eigenvalue weighted by Gasteiger charge is 2.18. The molecule has 3 nitrogen and oxygen atoms in total. The van der Waals surface area contributed by atoms with Crippen LogP contribution in [0.3, 0.4) is 0 Å². The van der Waals surface area contributed by atoms with Crippen LogP contribution < -0.4 is 0 Å². The lowest BCUT2D eigenvalue weighted by Crippen LogP contribution is -1.94. The summed E-state index contributed by atoms with van der Waals surface area (Å²) in [6.45, 7) is 1.98. The molecule has 0 radical (unpaired) electrons. The van der Waals surface area contributed by atoms with Crippen LogP contribution in [-0.4, -0.2) is 15.3 Å². The summed E-state index contributed by atoms with van der Waals surface area (Å²) in [7, 11) is 0. The van der Waals surface area contributed by atoms with E-state index < -0.39 is 0 Å². The number of rotatable bonds is 2. The average Bonchev–Trinajstić information content (AvgIpc) is 2.51. The molecule has 0 heterocycles. The molecule has 0 bridgehead atoms. The molecule has 0 spiro atoms. The first kappa shape index (κ1) is 13.3. The van der Waals surface area contributed by atoms with E-state index in [1.165, 1.54) is 0 Å². The molecule has 3 heteroatoms. The fraction of sp³-hybridized carbons (Fsp3) is 0.111. The van der Waals surface area contributed by atoms with Gasteiger partial charge in [-0.15, -0.1) is 0 Å². The maximum absolute atomic E-state index is 10.4. The summed E-state index contributed by atoms with van der Waals surface area (Å²) in [6, 6.07) is 14.7. The second-order valence-electron chi connectivity index (χ2n) is 5.17. The van der Waals surface area contributed by atoms with Crippen LogP contribution in [0.4, 0.5) is 0 Å². The molecule has 106 valence electrons. The van der Waals surface area contributed by atoms with Crippen molar-refractivity contribution >= 4 is 10.8 Å². The lowest BCUT2D eigenvalue weighted by molar-refractivity contribution is 0.396. The molecule has 0 amide bonds. The number of hydrogen-bond donors (Lipinski definition) is 3. The number of phenols is 3. The molecule has 3 N–H and O–H groups in total. The summed E-state index contributed by atoms with van der Waals surface area (Å²) in [5, 5.41) is 31.8. The van der Waals surface area contributed by atoms with E-state index in [0.717, 1.165) is 11.1 Å². The Hall–Kier alpha value is -2.68. The molecule has 0 aliphatic rings. The van der Waals surface area contributed by atoms with Crippen molar-refractivity contribution in [3.63, 3.8) is 0 Å². The zero-order valence-electron chi connectivity index (χ0n) is 11.7. The Morgan fingerprint density at radius 3 is 1.95 bits per heavy atom. The molecule has 0 aliphatic carbocycles. The van der Waals surface area contributed by atoms with Crippen LogP contribution in [0.2, 0.25) is 0 Å². The van der Waals surface area contributed by atoms with Crippen molar-refractivity contribution < 1.29 is 15.3 Å². The van der Waals surface area contributed by atoms with Crippen molar-refractivity contribution in [2.24, 2.45) is 0 Å². The van der Waals surface area contributed by atoms with Crippen LogP contribution in [0, 0.1) is 6.92 Å². The molecule has 0 aliphatic heterocycles. The van der Waals surface area contributed by atoms with Gasteiger partial charge in [-0.3, -0.25) is 0 Å². The van der Waals surface area contributed by atoms with E-state index in [9.17, 15) is 15.3 Å². The summed E-state index contributed by atoms with van der Waals surface area (Å²) in [6.07, 6.45) is 0.364. The first-order chi connectivity index (χ1) is 10.1. The molecule has 0 saturated carbocycles. The van der Waals surface area contributed by atoms with Gasteiger partial charge < -0.3 is 15.3 Å². The van der Waals surface area contributed by atoms with Crippen LogP contribution in [0.1, 0.15) is 16.7 Å². The average molecular weight is 280 g/mol. The maximum atomic E-state index is 10.4. The Kier molecular flexibility index (Phi) is 3.18. The van der Waals surface area contributed by atoms with Gasteiger partial charge in [0.15, 0.2) is 11.5 Å². The Morgan fingerprint density at radius 2 is 1.29 bits per heavy atom. The standard InChI is InChI=1S/C18H16O3/c1-11-6-2-3-7-12(11)10-15-16(19)13-8-4-5-9-14(13)17(20)18(15)21/h2-9,19-21H,10H2,1H3. The van der Waals surface area contributed by atoms with Gasteiger partial charge in [-0.2, -0.15) is 0 Å². The lowest BCUT2D eigenvalue weighted by Gasteiger charge is -2.14. The topological polar surface area (TPSA) is 60.7 Å². The van der Waals surface area contributed by atoms with Gasteiger partial charge >= 0.3 is 0 Å². The smallest absolute Gasteiger partial charge is 0.166 e. The minimum absolute atomic E-state index is 0.0177. The van der Waals surface area contributed by atoms with Crippen molar-refractivity contribution in [3.8, 4) is 17.2 Å². The van der Waals surface area contributed by atoms with Gasteiger partial charge in [0.1, 0.15) is 5.75 Å². The summed E-state index contributed by atoms with van der Waals surface area (Å²) in [5.74, 6) is -0.425. The Bertz CT molecular complexity index is 822. The molecule has 3 aromatic carbocycles. The molecule has 0 saturated heterocycles. The minimum atomic E-state index is -0.255. The van der Waals surface area contributed by atoms with Crippen LogP contribution in [-0.2, 0) is 6.42 Å². The summed E-state index contributed by atoms with van der Waals surface area (Å²) in [4.78, 5) is 0. The molecule has 0 unspecified atom stereocenters. The Balaban J connectivity index is 2.21. The normalized spacial score (nSPS) is 10.9. The molecule has 3 aromatic rings. The van der Waals surface area contributed by atoms with Gasteiger partial charge in [0.25, 0.3) is 0 Å². The fourth-order valence-corrected chi connectivity index (χ4v) is 2.61. The highest BCUT2D eigenvalue weighted by Crippen LogP contribution is 2.44. The van der Waals surface area contributed by atoms with Crippen molar-refractivity contribution in [2.75, 3.05) is 0 Å². The third-order valence-corrected chi connectivity index (χ3v) is 3.86. The first-order valence-corrected chi connectivity index (χ1v) is 6.78. The number of benzene rings is 3. The zero-order valence-corrected chi connectivity index (χ0v) is 11.7. The van der Waals surface area contributed by atoms with E-state index in [0.29, 0.717) is 22.8 Å². The Morgan fingerprint density at radius 1 is 0.714 bits per heavy atom. The van der Waals surface area contributed by atoms with Crippen molar-refractivity contribution in [3.05, 3.63) is 65.2 Å². The van der Waals surface area contributed by atoms with Crippen LogP contribution >= 0.6 is 0 Å². The van der Waals surface area contributed by atoms with Crippen LogP contribution in [0.25, 0.3) is 10.8 Å². The number of aryl methyl sites for hydroxylation is 1. The fourth-order valence-electron chi connectivity index (χ4n) is 2.61. The molecule has 3 rings (SSSR count). The predicted octanol–water partition coefficient (Wildman–Crippen LogP) is 3.86. The zero-order chi connectivity index (χ0) is 15.0.